The SMILES string of the molecule is C=C1CC(C(C)C)C(C(C)C)N1CCN(C)C. The normalized spacial score (nSPS) is 25.7. The fourth-order valence-electron chi connectivity index (χ4n) is 3.05. The molecule has 2 nitrogen and oxygen atoms in total. The van der Waals surface area contributed by atoms with Gasteiger partial charge in [-0.3, -0.25) is 0 Å². The van der Waals surface area contributed by atoms with Gasteiger partial charge in [0.05, 0.1) is 0 Å². The van der Waals surface area contributed by atoms with Crippen LogP contribution in [0.15, 0.2) is 12.3 Å². The molecule has 0 aromatic rings. The van der Waals surface area contributed by atoms with E-state index in [4.69, 9.17) is 0 Å². The Morgan fingerprint density at radius 2 is 1.82 bits per heavy atom. The van der Waals surface area contributed by atoms with Crippen molar-refractivity contribution in [3.05, 3.63) is 12.3 Å². The molecule has 0 bridgehead atoms. The second kappa shape index (κ2) is 5.90. The van der Waals surface area contributed by atoms with Crippen molar-refractivity contribution >= 4 is 0 Å². The van der Waals surface area contributed by atoms with Crippen LogP contribution in [-0.4, -0.2) is 43.0 Å². The Kier molecular flexibility index (Phi) is 5.05. The molecule has 0 amide bonds. The van der Waals surface area contributed by atoms with Crippen molar-refractivity contribution in [2.75, 3.05) is 27.2 Å². The van der Waals surface area contributed by atoms with E-state index in [-0.39, 0.29) is 0 Å². The Bertz CT molecular complexity index is 256. The summed E-state index contributed by atoms with van der Waals surface area (Å²) in [4.78, 5) is 4.82. The fourth-order valence-corrected chi connectivity index (χ4v) is 3.05. The molecule has 1 heterocycles. The lowest BCUT2D eigenvalue weighted by Gasteiger charge is -2.35. The van der Waals surface area contributed by atoms with Gasteiger partial charge in [-0.05, 0) is 38.3 Å². The average molecular weight is 238 g/mol. The lowest BCUT2D eigenvalue weighted by Crippen LogP contribution is -2.41. The van der Waals surface area contributed by atoms with E-state index in [9.17, 15) is 0 Å². The van der Waals surface area contributed by atoms with Crippen LogP contribution < -0.4 is 0 Å². The summed E-state index contributed by atoms with van der Waals surface area (Å²) in [5.41, 5.74) is 1.35. The van der Waals surface area contributed by atoms with E-state index in [2.05, 4.69) is 58.2 Å². The van der Waals surface area contributed by atoms with Crippen molar-refractivity contribution in [2.45, 2.75) is 40.2 Å². The molecule has 17 heavy (non-hydrogen) atoms. The molecule has 1 saturated heterocycles. The first-order valence-electron chi connectivity index (χ1n) is 6.93. The molecule has 0 radical (unpaired) electrons. The predicted octanol–water partition coefficient (Wildman–Crippen LogP) is 3.06. The van der Waals surface area contributed by atoms with Gasteiger partial charge in [-0.25, -0.2) is 0 Å². The third kappa shape index (κ3) is 3.48. The molecular weight excluding hydrogens is 208 g/mol. The number of likely N-dealkylation sites (tertiary alicyclic amines) is 1. The molecule has 0 saturated carbocycles. The molecule has 0 aromatic carbocycles. The van der Waals surface area contributed by atoms with E-state index in [0.29, 0.717) is 12.0 Å². The van der Waals surface area contributed by atoms with Crippen molar-refractivity contribution in [1.29, 1.82) is 0 Å². The Morgan fingerprint density at radius 3 is 2.24 bits per heavy atom. The van der Waals surface area contributed by atoms with Crippen LogP contribution in [0.5, 0.6) is 0 Å². The van der Waals surface area contributed by atoms with Crippen LogP contribution in [0.4, 0.5) is 0 Å². The van der Waals surface area contributed by atoms with Gasteiger partial charge in [0.1, 0.15) is 0 Å². The maximum absolute atomic E-state index is 4.29. The first kappa shape index (κ1) is 14.6. The Labute approximate surface area is 108 Å². The first-order valence-corrected chi connectivity index (χ1v) is 6.93. The van der Waals surface area contributed by atoms with Gasteiger partial charge < -0.3 is 9.80 Å². The van der Waals surface area contributed by atoms with Crippen LogP contribution in [0.3, 0.4) is 0 Å². The summed E-state index contributed by atoms with van der Waals surface area (Å²) >= 11 is 0. The molecule has 0 aromatic heterocycles. The minimum Gasteiger partial charge on any atom is -0.370 e. The molecule has 1 aliphatic rings. The van der Waals surface area contributed by atoms with Crippen LogP contribution in [-0.2, 0) is 0 Å². The zero-order valence-corrected chi connectivity index (χ0v) is 12.5. The van der Waals surface area contributed by atoms with E-state index in [1.807, 2.05) is 0 Å². The fraction of sp³-hybridized carbons (Fsp3) is 0.867. The second-order valence-corrected chi connectivity index (χ2v) is 6.41. The van der Waals surface area contributed by atoms with Gasteiger partial charge in [0.25, 0.3) is 0 Å². The monoisotopic (exact) mass is 238 g/mol. The van der Waals surface area contributed by atoms with Crippen molar-refractivity contribution in [3.8, 4) is 0 Å². The largest absolute Gasteiger partial charge is 0.370 e. The molecule has 0 N–H and O–H groups in total. The summed E-state index contributed by atoms with van der Waals surface area (Å²) in [6.45, 7) is 15.9. The molecule has 0 aliphatic carbocycles. The highest BCUT2D eigenvalue weighted by molar-refractivity contribution is 5.09. The lowest BCUT2D eigenvalue weighted by atomic mass is 9.83. The molecule has 1 fully saturated rings. The van der Waals surface area contributed by atoms with Crippen molar-refractivity contribution in [3.63, 3.8) is 0 Å². The highest BCUT2D eigenvalue weighted by Gasteiger charge is 2.38. The maximum Gasteiger partial charge on any atom is 0.0344 e. The molecule has 1 aliphatic heterocycles. The summed E-state index contributed by atoms with van der Waals surface area (Å²) in [6, 6.07) is 0.683. The van der Waals surface area contributed by atoms with Crippen molar-refractivity contribution in [2.24, 2.45) is 17.8 Å². The average Bonchev–Trinajstić information content (AvgIpc) is 2.52. The molecule has 2 heteroatoms. The van der Waals surface area contributed by atoms with Gasteiger partial charge in [-0.15, -0.1) is 0 Å². The Morgan fingerprint density at radius 1 is 1.24 bits per heavy atom. The minimum atomic E-state index is 0.683. The molecular formula is C15H30N2. The number of allylic oxidation sites excluding steroid dienone is 1. The van der Waals surface area contributed by atoms with Crippen molar-refractivity contribution in [1.82, 2.24) is 9.80 Å². The smallest absolute Gasteiger partial charge is 0.0344 e. The zero-order chi connectivity index (χ0) is 13.2. The van der Waals surface area contributed by atoms with Crippen LogP contribution in [0.2, 0.25) is 0 Å². The zero-order valence-electron chi connectivity index (χ0n) is 12.5. The van der Waals surface area contributed by atoms with E-state index in [0.717, 1.165) is 24.9 Å². The highest BCUT2D eigenvalue weighted by Crippen LogP contribution is 2.39. The van der Waals surface area contributed by atoms with Crippen LogP contribution in [0.25, 0.3) is 0 Å². The molecule has 2 unspecified atom stereocenters. The summed E-state index contributed by atoms with van der Waals surface area (Å²) in [5, 5.41) is 0. The number of hydrogen-bond acceptors (Lipinski definition) is 2. The number of likely N-dealkylation sites (N-methyl/N-ethyl adjacent to an activating group) is 1. The summed E-state index contributed by atoms with van der Waals surface area (Å²) in [5.74, 6) is 2.25. The van der Waals surface area contributed by atoms with E-state index >= 15 is 0 Å². The Hall–Kier alpha value is -0.500. The number of nitrogens with zero attached hydrogens (tertiary/aromatic N) is 2. The van der Waals surface area contributed by atoms with Gasteiger partial charge in [0.2, 0.25) is 0 Å². The minimum absolute atomic E-state index is 0.683. The summed E-state index contributed by atoms with van der Waals surface area (Å²) < 4.78 is 0. The molecule has 100 valence electrons. The topological polar surface area (TPSA) is 6.48 Å². The third-order valence-electron chi connectivity index (χ3n) is 4.00. The van der Waals surface area contributed by atoms with Gasteiger partial charge in [0.15, 0.2) is 0 Å². The predicted molar refractivity (Wildman–Crippen MR) is 76.0 cm³/mol. The third-order valence-corrected chi connectivity index (χ3v) is 4.00. The van der Waals surface area contributed by atoms with Gasteiger partial charge in [-0.2, -0.15) is 0 Å². The van der Waals surface area contributed by atoms with Gasteiger partial charge in [-0.1, -0.05) is 34.3 Å². The second-order valence-electron chi connectivity index (χ2n) is 6.41. The van der Waals surface area contributed by atoms with E-state index in [1.165, 1.54) is 12.1 Å². The van der Waals surface area contributed by atoms with Crippen LogP contribution in [0, 0.1) is 17.8 Å². The maximum atomic E-state index is 4.29. The van der Waals surface area contributed by atoms with Crippen molar-refractivity contribution < 1.29 is 0 Å². The number of hydrogen-bond donors (Lipinski definition) is 0. The summed E-state index contributed by atoms with van der Waals surface area (Å²) in [7, 11) is 4.28. The number of rotatable bonds is 5. The van der Waals surface area contributed by atoms with E-state index in [1.54, 1.807) is 0 Å². The van der Waals surface area contributed by atoms with Crippen LogP contribution >= 0.6 is 0 Å². The standard InChI is InChI=1S/C15H30N2/c1-11(2)14-10-13(5)17(9-8-16(6)7)15(14)12(3)4/h11-12,14-15H,5,8-10H2,1-4,6-7H3. The van der Waals surface area contributed by atoms with Crippen LogP contribution in [0.1, 0.15) is 34.1 Å². The van der Waals surface area contributed by atoms with E-state index < -0.39 is 0 Å². The Balaban J connectivity index is 2.75. The first-order chi connectivity index (χ1) is 7.84. The molecule has 1 rings (SSSR count). The summed E-state index contributed by atoms with van der Waals surface area (Å²) in [6.07, 6.45) is 1.19. The van der Waals surface area contributed by atoms with Gasteiger partial charge in [0, 0.05) is 24.8 Å². The quantitative estimate of drug-likeness (QED) is 0.726. The highest BCUT2D eigenvalue weighted by atomic mass is 15.2. The molecule has 0 spiro atoms. The lowest BCUT2D eigenvalue weighted by molar-refractivity contribution is 0.159. The van der Waals surface area contributed by atoms with Gasteiger partial charge >= 0.3 is 0 Å². The molecule has 2 atom stereocenters.